The van der Waals surface area contributed by atoms with Gasteiger partial charge in [-0.2, -0.15) is 0 Å². The fourth-order valence-corrected chi connectivity index (χ4v) is 5.10. The van der Waals surface area contributed by atoms with E-state index in [2.05, 4.69) is 4.99 Å². The van der Waals surface area contributed by atoms with E-state index in [1.807, 2.05) is 0 Å². The van der Waals surface area contributed by atoms with Gasteiger partial charge in [-0.3, -0.25) is 9.69 Å². The van der Waals surface area contributed by atoms with Gasteiger partial charge in [0.15, 0.2) is 10.9 Å². The third kappa shape index (κ3) is 5.99. The van der Waals surface area contributed by atoms with Crippen molar-refractivity contribution in [3.63, 3.8) is 0 Å². The summed E-state index contributed by atoms with van der Waals surface area (Å²) >= 11 is 26.0. The Bertz CT molecular complexity index is 1400. The van der Waals surface area contributed by atoms with Crippen molar-refractivity contribution in [3.8, 4) is 5.75 Å². The van der Waals surface area contributed by atoms with Gasteiger partial charge in [-0.15, -0.1) is 0 Å². The van der Waals surface area contributed by atoms with Crippen LogP contribution in [-0.4, -0.2) is 34.1 Å². The average Bonchev–Trinajstić information content (AvgIpc) is 3.08. The number of carboxylic acids is 1. The number of amides is 1. The van der Waals surface area contributed by atoms with Crippen LogP contribution >= 0.6 is 58.2 Å². The van der Waals surface area contributed by atoms with Crippen molar-refractivity contribution < 1.29 is 19.4 Å². The first kappa shape index (κ1) is 26.4. The van der Waals surface area contributed by atoms with Crippen molar-refractivity contribution in [2.45, 2.75) is 6.61 Å². The molecule has 1 amide bonds. The van der Waals surface area contributed by atoms with Crippen LogP contribution in [0, 0.1) is 0 Å². The SMILES string of the molecule is CN1C(=O)/C(=C/c2cc(Cl)c(OCc3ccc(Cl)c(Cl)c3)c(Cl)c2)SC1=Nc1ccc(C(=O)O)cc1. The monoisotopic (exact) mass is 580 g/mol. The summed E-state index contributed by atoms with van der Waals surface area (Å²) < 4.78 is 5.80. The molecule has 1 aliphatic rings. The minimum atomic E-state index is -1.02. The number of amidine groups is 1. The standard InChI is InChI=1S/C25H16Cl4N2O4S/c1-31-23(32)21(36-25(31)30-16-5-3-15(4-6-16)24(33)34)11-14-9-19(28)22(20(29)10-14)35-12-13-2-7-17(26)18(27)8-13/h2-11H,12H2,1H3,(H,33,34)/b21-11-,30-25?. The predicted octanol–water partition coefficient (Wildman–Crippen LogP) is 7.81. The van der Waals surface area contributed by atoms with Gasteiger partial charge in [0.05, 0.1) is 36.2 Å². The lowest BCUT2D eigenvalue weighted by molar-refractivity contribution is -0.121. The average molecular weight is 582 g/mol. The Kier molecular flexibility index (Phi) is 8.17. The summed E-state index contributed by atoms with van der Waals surface area (Å²) in [5.74, 6) is -0.959. The molecule has 3 aromatic carbocycles. The van der Waals surface area contributed by atoms with Crippen molar-refractivity contribution in [1.82, 2.24) is 4.90 Å². The van der Waals surface area contributed by atoms with Crippen molar-refractivity contribution in [1.29, 1.82) is 0 Å². The van der Waals surface area contributed by atoms with Gasteiger partial charge in [0, 0.05) is 7.05 Å². The lowest BCUT2D eigenvalue weighted by Crippen LogP contribution is -2.23. The summed E-state index contributed by atoms with van der Waals surface area (Å²) in [5, 5.41) is 10.9. The van der Waals surface area contributed by atoms with E-state index in [9.17, 15) is 9.59 Å². The van der Waals surface area contributed by atoms with E-state index in [-0.39, 0.29) is 28.1 Å². The molecular weight excluding hydrogens is 566 g/mol. The molecule has 36 heavy (non-hydrogen) atoms. The number of nitrogens with zero attached hydrogens (tertiary/aromatic N) is 2. The van der Waals surface area contributed by atoms with Crippen LogP contribution in [0.2, 0.25) is 20.1 Å². The van der Waals surface area contributed by atoms with Gasteiger partial charge in [-0.1, -0.05) is 52.5 Å². The number of aromatic carboxylic acids is 1. The number of likely N-dealkylation sites (N-methyl/N-ethyl adjacent to an activating group) is 1. The number of benzene rings is 3. The lowest BCUT2D eigenvalue weighted by atomic mass is 10.2. The Hall–Kier alpha value is -2.68. The van der Waals surface area contributed by atoms with E-state index in [1.54, 1.807) is 55.6 Å². The summed E-state index contributed by atoms with van der Waals surface area (Å²) in [6.07, 6.45) is 1.67. The van der Waals surface area contributed by atoms with Crippen LogP contribution in [-0.2, 0) is 11.4 Å². The van der Waals surface area contributed by atoms with Crippen molar-refractivity contribution in [2.75, 3.05) is 7.05 Å². The number of carbonyl (C=O) groups excluding carboxylic acids is 1. The van der Waals surface area contributed by atoms with Gasteiger partial charge in [0.1, 0.15) is 6.61 Å². The highest BCUT2D eigenvalue weighted by molar-refractivity contribution is 8.18. The topological polar surface area (TPSA) is 79.2 Å². The maximum absolute atomic E-state index is 12.8. The number of carboxylic acid groups (broad SMARTS) is 1. The molecule has 0 spiro atoms. The smallest absolute Gasteiger partial charge is 0.335 e. The molecule has 0 bridgehead atoms. The molecule has 184 valence electrons. The molecule has 0 unspecified atom stereocenters. The highest BCUT2D eigenvalue weighted by Crippen LogP contribution is 2.38. The number of ether oxygens (including phenoxy) is 1. The van der Waals surface area contributed by atoms with E-state index in [0.717, 1.165) is 5.56 Å². The number of aliphatic imine (C=N–C) groups is 1. The van der Waals surface area contributed by atoms with Gasteiger partial charge < -0.3 is 9.84 Å². The number of hydrogen-bond donors (Lipinski definition) is 1. The largest absolute Gasteiger partial charge is 0.486 e. The van der Waals surface area contributed by atoms with Crippen LogP contribution < -0.4 is 4.74 Å². The zero-order valence-corrected chi connectivity index (χ0v) is 22.3. The third-order valence-electron chi connectivity index (χ3n) is 5.03. The summed E-state index contributed by atoms with van der Waals surface area (Å²) in [6.45, 7) is 0.184. The van der Waals surface area contributed by atoms with Crippen LogP contribution in [0.15, 0.2) is 64.5 Å². The van der Waals surface area contributed by atoms with E-state index in [4.69, 9.17) is 56.2 Å². The number of carbonyl (C=O) groups is 2. The Morgan fingerprint density at radius 2 is 1.67 bits per heavy atom. The number of hydrogen-bond acceptors (Lipinski definition) is 5. The van der Waals surface area contributed by atoms with Crippen molar-refractivity contribution >= 4 is 87.0 Å². The number of rotatable bonds is 6. The Labute approximate surface area is 231 Å². The first-order valence-corrected chi connectivity index (χ1v) is 12.6. The van der Waals surface area contributed by atoms with E-state index in [0.29, 0.717) is 37.1 Å². The molecule has 1 heterocycles. The second kappa shape index (κ2) is 11.2. The molecule has 11 heteroatoms. The van der Waals surface area contributed by atoms with E-state index >= 15 is 0 Å². The minimum absolute atomic E-state index is 0.154. The first-order chi connectivity index (χ1) is 17.1. The quantitative estimate of drug-likeness (QED) is 0.300. The number of halogens is 4. The van der Waals surface area contributed by atoms with Crippen LogP contribution in [0.1, 0.15) is 21.5 Å². The zero-order valence-electron chi connectivity index (χ0n) is 18.5. The highest BCUT2D eigenvalue weighted by Gasteiger charge is 2.30. The molecular formula is C25H16Cl4N2O4S. The van der Waals surface area contributed by atoms with Crippen molar-refractivity contribution in [2.24, 2.45) is 4.99 Å². The first-order valence-electron chi connectivity index (χ1n) is 10.3. The molecule has 1 fully saturated rings. The highest BCUT2D eigenvalue weighted by atomic mass is 35.5. The maximum Gasteiger partial charge on any atom is 0.335 e. The molecule has 1 aliphatic heterocycles. The third-order valence-corrected chi connectivity index (χ3v) is 7.39. The zero-order chi connectivity index (χ0) is 26.0. The second-order valence-electron chi connectivity index (χ2n) is 7.57. The number of thioether (sulfide) groups is 1. The maximum atomic E-state index is 12.8. The second-order valence-corrected chi connectivity index (χ2v) is 10.2. The van der Waals surface area contributed by atoms with Gasteiger partial charge in [0.2, 0.25) is 0 Å². The lowest BCUT2D eigenvalue weighted by Gasteiger charge is -2.11. The van der Waals surface area contributed by atoms with Gasteiger partial charge in [-0.05, 0) is 77.5 Å². The van der Waals surface area contributed by atoms with Gasteiger partial charge >= 0.3 is 5.97 Å². The molecule has 6 nitrogen and oxygen atoms in total. The molecule has 0 atom stereocenters. The fourth-order valence-electron chi connectivity index (χ4n) is 3.18. The van der Waals surface area contributed by atoms with Crippen LogP contribution in [0.4, 0.5) is 5.69 Å². The summed E-state index contributed by atoms with van der Waals surface area (Å²) in [5.41, 5.74) is 2.09. The molecule has 0 saturated carbocycles. The summed E-state index contributed by atoms with van der Waals surface area (Å²) in [4.78, 5) is 30.1. The summed E-state index contributed by atoms with van der Waals surface area (Å²) in [6, 6.07) is 14.5. The van der Waals surface area contributed by atoms with E-state index in [1.165, 1.54) is 28.8 Å². The normalized spacial score (nSPS) is 15.7. The van der Waals surface area contributed by atoms with E-state index < -0.39 is 5.97 Å². The van der Waals surface area contributed by atoms with Crippen LogP contribution in [0.25, 0.3) is 6.08 Å². The Morgan fingerprint density at radius 1 is 1.00 bits per heavy atom. The molecule has 3 aromatic rings. The van der Waals surface area contributed by atoms with Crippen LogP contribution in [0.3, 0.4) is 0 Å². The fraction of sp³-hybridized carbons (Fsp3) is 0.0800. The van der Waals surface area contributed by atoms with Gasteiger partial charge in [-0.25, -0.2) is 9.79 Å². The molecule has 4 rings (SSSR count). The molecule has 0 radical (unpaired) electrons. The molecule has 0 aliphatic carbocycles. The summed E-state index contributed by atoms with van der Waals surface area (Å²) in [7, 11) is 1.61. The molecule has 1 saturated heterocycles. The predicted molar refractivity (Wildman–Crippen MR) is 146 cm³/mol. The van der Waals surface area contributed by atoms with Crippen molar-refractivity contribution in [3.05, 3.63) is 96.3 Å². The molecule has 1 N–H and O–H groups in total. The Morgan fingerprint density at radius 3 is 2.28 bits per heavy atom. The Balaban J connectivity index is 1.52. The van der Waals surface area contributed by atoms with Gasteiger partial charge in [0.25, 0.3) is 5.91 Å². The molecule has 0 aromatic heterocycles. The minimum Gasteiger partial charge on any atom is -0.486 e. The van der Waals surface area contributed by atoms with Crippen LogP contribution in [0.5, 0.6) is 5.75 Å².